The topological polar surface area (TPSA) is 80.0 Å². The highest BCUT2D eigenvalue weighted by molar-refractivity contribution is 6.33. The van der Waals surface area contributed by atoms with E-state index >= 15 is 0 Å². The highest BCUT2D eigenvalue weighted by atomic mass is 35.5. The van der Waals surface area contributed by atoms with E-state index in [0.29, 0.717) is 18.6 Å². The van der Waals surface area contributed by atoms with Crippen molar-refractivity contribution in [2.75, 3.05) is 22.5 Å². The zero-order valence-corrected chi connectivity index (χ0v) is 16.4. The highest BCUT2D eigenvalue weighted by Gasteiger charge is 2.31. The number of hydrogen-bond donors (Lipinski definition) is 2. The Hall–Kier alpha value is -3.07. The van der Waals surface area contributed by atoms with Gasteiger partial charge in [-0.25, -0.2) is 15.0 Å². The second-order valence-corrected chi connectivity index (χ2v) is 6.63. The van der Waals surface area contributed by atoms with E-state index in [0.717, 1.165) is 17.3 Å². The van der Waals surface area contributed by atoms with Crippen molar-refractivity contribution in [1.82, 2.24) is 15.0 Å². The molecular formula is C19H18ClF3N6. The van der Waals surface area contributed by atoms with Gasteiger partial charge in [-0.2, -0.15) is 13.2 Å². The number of rotatable bonds is 5. The maximum Gasteiger partial charge on any atom is 0.417 e. The summed E-state index contributed by atoms with van der Waals surface area (Å²) in [4.78, 5) is 14.0. The predicted molar refractivity (Wildman–Crippen MR) is 108 cm³/mol. The zero-order valence-electron chi connectivity index (χ0n) is 15.6. The van der Waals surface area contributed by atoms with E-state index in [1.165, 1.54) is 6.33 Å². The third-order valence-corrected chi connectivity index (χ3v) is 4.44. The van der Waals surface area contributed by atoms with Gasteiger partial charge in [0.05, 0.1) is 10.6 Å². The molecule has 1 aromatic carbocycles. The Labute approximate surface area is 170 Å². The van der Waals surface area contributed by atoms with E-state index in [-0.39, 0.29) is 22.3 Å². The molecule has 0 atom stereocenters. The van der Waals surface area contributed by atoms with Crippen LogP contribution in [-0.2, 0) is 6.18 Å². The molecule has 0 aliphatic rings. The molecule has 6 nitrogen and oxygen atoms in total. The first-order chi connectivity index (χ1) is 13.7. The summed E-state index contributed by atoms with van der Waals surface area (Å²) in [5.41, 5.74) is 7.50. The Morgan fingerprint density at radius 3 is 2.52 bits per heavy atom. The Morgan fingerprint density at radius 1 is 1.14 bits per heavy atom. The van der Waals surface area contributed by atoms with Gasteiger partial charge in [0.1, 0.15) is 17.8 Å². The number of halogens is 4. The summed E-state index contributed by atoms with van der Waals surface area (Å²) in [5, 5.41) is 2.58. The Kier molecular flexibility index (Phi) is 5.78. The maximum atomic E-state index is 12.8. The Morgan fingerprint density at radius 2 is 1.90 bits per heavy atom. The summed E-state index contributed by atoms with van der Waals surface area (Å²) >= 11 is 5.96. The van der Waals surface area contributed by atoms with Crippen LogP contribution >= 0.6 is 11.6 Å². The molecular weight excluding hydrogens is 405 g/mol. The molecule has 0 aliphatic heterocycles. The number of aromatic nitrogens is 3. The van der Waals surface area contributed by atoms with Gasteiger partial charge in [0.2, 0.25) is 0 Å². The number of aryl methyl sites for hydroxylation is 1. The monoisotopic (exact) mass is 422 g/mol. The minimum Gasteiger partial charge on any atom is -0.393 e. The van der Waals surface area contributed by atoms with Gasteiger partial charge < -0.3 is 16.0 Å². The smallest absolute Gasteiger partial charge is 0.393 e. The van der Waals surface area contributed by atoms with Crippen molar-refractivity contribution < 1.29 is 13.2 Å². The molecule has 3 aromatic rings. The molecule has 0 radical (unpaired) electrons. The molecule has 152 valence electrons. The maximum absolute atomic E-state index is 12.8. The predicted octanol–water partition coefficient (Wildman–Crippen LogP) is 5.34. The number of nitrogen functional groups attached to an aromatic ring is 1. The van der Waals surface area contributed by atoms with E-state index in [9.17, 15) is 13.2 Å². The SMILES string of the molecule is CCN(c1cccc(C)c1)c1ncnc(Nc2ncc(C(F)(F)F)cc2Cl)c1N. The fraction of sp³-hybridized carbons (Fsp3) is 0.211. The average Bonchev–Trinajstić information content (AvgIpc) is 2.66. The van der Waals surface area contributed by atoms with Crippen LogP contribution in [0.5, 0.6) is 0 Å². The minimum atomic E-state index is -4.54. The summed E-state index contributed by atoms with van der Waals surface area (Å²) in [6.07, 6.45) is -2.53. The fourth-order valence-corrected chi connectivity index (χ4v) is 2.96. The van der Waals surface area contributed by atoms with Crippen LogP contribution < -0.4 is 16.0 Å². The molecule has 10 heteroatoms. The molecule has 0 amide bonds. The van der Waals surface area contributed by atoms with Crippen LogP contribution in [0.15, 0.2) is 42.9 Å². The third kappa shape index (κ3) is 4.51. The van der Waals surface area contributed by atoms with Crippen molar-refractivity contribution in [2.24, 2.45) is 0 Å². The molecule has 0 bridgehead atoms. The van der Waals surface area contributed by atoms with Crippen molar-refractivity contribution in [3.8, 4) is 0 Å². The van der Waals surface area contributed by atoms with Gasteiger partial charge in [0, 0.05) is 18.4 Å². The lowest BCUT2D eigenvalue weighted by molar-refractivity contribution is -0.137. The number of benzene rings is 1. The lowest BCUT2D eigenvalue weighted by Gasteiger charge is -2.24. The second-order valence-electron chi connectivity index (χ2n) is 6.22. The van der Waals surface area contributed by atoms with Crippen LogP contribution in [0.4, 0.5) is 42.0 Å². The van der Waals surface area contributed by atoms with Gasteiger partial charge in [0.15, 0.2) is 11.6 Å². The molecule has 3 N–H and O–H groups in total. The second kappa shape index (κ2) is 8.12. The molecule has 29 heavy (non-hydrogen) atoms. The molecule has 2 aromatic heterocycles. The summed E-state index contributed by atoms with van der Waals surface area (Å²) < 4.78 is 38.4. The molecule has 0 aliphatic carbocycles. The fourth-order valence-electron chi connectivity index (χ4n) is 2.75. The highest BCUT2D eigenvalue weighted by Crippen LogP contribution is 2.36. The normalized spacial score (nSPS) is 11.4. The summed E-state index contributed by atoms with van der Waals surface area (Å²) in [7, 11) is 0. The summed E-state index contributed by atoms with van der Waals surface area (Å²) in [6.45, 7) is 4.51. The van der Waals surface area contributed by atoms with Gasteiger partial charge in [-0.15, -0.1) is 0 Å². The van der Waals surface area contributed by atoms with Gasteiger partial charge in [0.25, 0.3) is 0 Å². The molecule has 3 rings (SSSR count). The number of alkyl halides is 3. The van der Waals surface area contributed by atoms with Gasteiger partial charge >= 0.3 is 6.18 Å². The number of nitrogens with two attached hydrogens (primary N) is 1. The molecule has 0 saturated heterocycles. The average molecular weight is 423 g/mol. The number of nitrogens with one attached hydrogen (secondary N) is 1. The van der Waals surface area contributed by atoms with Crippen LogP contribution in [0, 0.1) is 6.92 Å². The zero-order chi connectivity index (χ0) is 21.2. The molecule has 0 unspecified atom stereocenters. The number of hydrogen-bond acceptors (Lipinski definition) is 6. The molecule has 2 heterocycles. The van der Waals surface area contributed by atoms with E-state index in [4.69, 9.17) is 17.3 Å². The quantitative estimate of drug-likeness (QED) is 0.578. The lowest BCUT2D eigenvalue weighted by atomic mass is 10.2. The van der Waals surface area contributed by atoms with Crippen molar-refractivity contribution >= 4 is 40.4 Å². The van der Waals surface area contributed by atoms with Gasteiger partial charge in [-0.05, 0) is 37.6 Å². The largest absolute Gasteiger partial charge is 0.417 e. The number of pyridine rings is 1. The van der Waals surface area contributed by atoms with Crippen LogP contribution in [-0.4, -0.2) is 21.5 Å². The van der Waals surface area contributed by atoms with E-state index in [1.807, 2.05) is 43.0 Å². The molecule has 0 fully saturated rings. The van der Waals surface area contributed by atoms with Crippen LogP contribution in [0.25, 0.3) is 0 Å². The Bertz CT molecular complexity index is 1030. The van der Waals surface area contributed by atoms with Crippen LogP contribution in [0.3, 0.4) is 0 Å². The van der Waals surface area contributed by atoms with Gasteiger partial charge in [-0.3, -0.25) is 0 Å². The van der Waals surface area contributed by atoms with Crippen LogP contribution in [0.1, 0.15) is 18.1 Å². The molecule has 0 spiro atoms. The van der Waals surface area contributed by atoms with E-state index in [1.54, 1.807) is 0 Å². The summed E-state index contributed by atoms with van der Waals surface area (Å²) in [6, 6.07) is 8.62. The lowest BCUT2D eigenvalue weighted by Crippen LogP contribution is -2.20. The standard InChI is InChI=1S/C19H18ClF3N6/c1-3-29(13-6-4-5-11(2)7-13)18-15(24)17(26-10-27-18)28-16-14(20)8-12(9-25-16)19(21,22)23/h4-10H,3,24H2,1-2H3,(H,25,26,27,28). The van der Waals surface area contributed by atoms with Crippen molar-refractivity contribution in [3.63, 3.8) is 0 Å². The van der Waals surface area contributed by atoms with Gasteiger partial charge in [-0.1, -0.05) is 23.7 Å². The summed E-state index contributed by atoms with van der Waals surface area (Å²) in [5.74, 6) is 0.656. The number of nitrogens with zero attached hydrogens (tertiary/aromatic N) is 4. The number of anilines is 5. The Balaban J connectivity index is 1.95. The first-order valence-electron chi connectivity index (χ1n) is 8.65. The molecule has 0 saturated carbocycles. The van der Waals surface area contributed by atoms with Crippen LogP contribution in [0.2, 0.25) is 5.02 Å². The minimum absolute atomic E-state index is 0.00891. The third-order valence-electron chi connectivity index (χ3n) is 4.15. The van der Waals surface area contributed by atoms with Crippen molar-refractivity contribution in [3.05, 3.63) is 59.0 Å². The van der Waals surface area contributed by atoms with Crippen molar-refractivity contribution in [2.45, 2.75) is 20.0 Å². The van der Waals surface area contributed by atoms with Crippen molar-refractivity contribution in [1.29, 1.82) is 0 Å². The van der Waals surface area contributed by atoms with E-state index in [2.05, 4.69) is 20.3 Å². The first kappa shape index (κ1) is 20.7. The van der Waals surface area contributed by atoms with E-state index < -0.39 is 11.7 Å². The first-order valence-corrected chi connectivity index (χ1v) is 9.03.